The first-order chi connectivity index (χ1) is 6.69. The molecule has 4 heteroatoms. The first kappa shape index (κ1) is 8.41. The van der Waals surface area contributed by atoms with Gasteiger partial charge in [-0.1, -0.05) is 0 Å². The van der Waals surface area contributed by atoms with Crippen molar-refractivity contribution in [1.29, 1.82) is 0 Å². The molecule has 1 aromatic heterocycles. The van der Waals surface area contributed by atoms with Gasteiger partial charge in [-0.3, -0.25) is 0 Å². The Morgan fingerprint density at radius 1 is 1.50 bits per heavy atom. The molecule has 1 aliphatic carbocycles. The van der Waals surface area contributed by atoms with Gasteiger partial charge < -0.3 is 5.73 Å². The van der Waals surface area contributed by atoms with Crippen molar-refractivity contribution in [2.45, 2.75) is 50.6 Å². The van der Waals surface area contributed by atoms with Crippen molar-refractivity contribution in [3.8, 4) is 0 Å². The van der Waals surface area contributed by atoms with E-state index in [9.17, 15) is 0 Å². The predicted octanol–water partition coefficient (Wildman–Crippen LogP) is 0.955. The van der Waals surface area contributed by atoms with E-state index in [1.807, 2.05) is 6.92 Å². The zero-order valence-corrected chi connectivity index (χ0v) is 8.53. The zero-order valence-electron chi connectivity index (χ0n) is 8.53. The lowest BCUT2D eigenvalue weighted by molar-refractivity contribution is 0.296. The number of hydrogen-bond donors (Lipinski definition) is 1. The molecule has 1 unspecified atom stereocenters. The largest absolute Gasteiger partial charge is 0.323 e. The molecule has 4 nitrogen and oxygen atoms in total. The maximum atomic E-state index is 6.26. The second-order valence-corrected chi connectivity index (χ2v) is 4.66. The summed E-state index contributed by atoms with van der Waals surface area (Å²) in [6, 6.07) is 0.410. The highest BCUT2D eigenvalue weighted by Gasteiger charge is 2.48. The maximum absolute atomic E-state index is 6.26. The molecule has 0 saturated heterocycles. The summed E-state index contributed by atoms with van der Waals surface area (Å²) < 4.78 is 2.09. The fraction of sp³-hybridized carbons (Fsp3) is 0.800. The van der Waals surface area contributed by atoms with Crippen LogP contribution in [0.2, 0.25) is 0 Å². The molecule has 2 heterocycles. The van der Waals surface area contributed by atoms with Gasteiger partial charge in [-0.15, -0.1) is 0 Å². The Bertz CT molecular complexity index is 364. The van der Waals surface area contributed by atoms with Crippen molar-refractivity contribution in [3.05, 3.63) is 11.6 Å². The third-order valence-electron chi connectivity index (χ3n) is 3.47. The summed E-state index contributed by atoms with van der Waals surface area (Å²) in [5.74, 6) is 2.02. The van der Waals surface area contributed by atoms with E-state index in [2.05, 4.69) is 14.8 Å². The zero-order chi connectivity index (χ0) is 9.76. The number of aromatic nitrogens is 3. The van der Waals surface area contributed by atoms with Crippen LogP contribution in [0.15, 0.2) is 0 Å². The highest BCUT2D eigenvalue weighted by atomic mass is 15.4. The minimum Gasteiger partial charge on any atom is -0.323 e. The highest BCUT2D eigenvalue weighted by molar-refractivity contribution is 5.10. The number of nitrogens with zero attached hydrogens (tertiary/aromatic N) is 3. The van der Waals surface area contributed by atoms with Gasteiger partial charge in [0.05, 0.1) is 6.04 Å². The van der Waals surface area contributed by atoms with Crippen LogP contribution >= 0.6 is 0 Å². The summed E-state index contributed by atoms with van der Waals surface area (Å²) in [6.45, 7) is 1.96. The average molecular weight is 192 g/mol. The second-order valence-electron chi connectivity index (χ2n) is 4.66. The van der Waals surface area contributed by atoms with Gasteiger partial charge in [-0.2, -0.15) is 5.10 Å². The molecule has 0 bridgehead atoms. The van der Waals surface area contributed by atoms with E-state index in [0.717, 1.165) is 30.9 Å². The molecule has 1 atom stereocenters. The van der Waals surface area contributed by atoms with Crippen LogP contribution in [0, 0.1) is 6.92 Å². The van der Waals surface area contributed by atoms with Gasteiger partial charge in [0.2, 0.25) is 0 Å². The summed E-state index contributed by atoms with van der Waals surface area (Å²) in [5.41, 5.74) is 6.29. The quantitative estimate of drug-likeness (QED) is 0.721. The van der Waals surface area contributed by atoms with Crippen LogP contribution in [0.3, 0.4) is 0 Å². The van der Waals surface area contributed by atoms with E-state index in [0.29, 0.717) is 6.04 Å². The molecule has 0 aromatic carbocycles. The Labute approximate surface area is 83.5 Å². The monoisotopic (exact) mass is 192 g/mol. The van der Waals surface area contributed by atoms with Crippen LogP contribution in [0.4, 0.5) is 0 Å². The molecular weight excluding hydrogens is 176 g/mol. The number of nitrogens with two attached hydrogens (primary N) is 1. The molecule has 2 N–H and O–H groups in total. The van der Waals surface area contributed by atoms with E-state index in [1.54, 1.807) is 0 Å². The van der Waals surface area contributed by atoms with E-state index in [1.165, 1.54) is 12.8 Å². The van der Waals surface area contributed by atoms with Gasteiger partial charge in [0.15, 0.2) is 0 Å². The highest BCUT2D eigenvalue weighted by Crippen LogP contribution is 2.46. The van der Waals surface area contributed by atoms with E-state index in [-0.39, 0.29) is 5.54 Å². The summed E-state index contributed by atoms with van der Waals surface area (Å²) in [5, 5.41) is 4.46. The number of rotatable bonds is 1. The van der Waals surface area contributed by atoms with Crippen molar-refractivity contribution in [2.75, 3.05) is 0 Å². The van der Waals surface area contributed by atoms with E-state index >= 15 is 0 Å². The maximum Gasteiger partial charge on any atom is 0.147 e. The van der Waals surface area contributed by atoms with Crippen molar-refractivity contribution < 1.29 is 0 Å². The first-order valence-electron chi connectivity index (χ1n) is 5.40. The third-order valence-corrected chi connectivity index (χ3v) is 3.47. The lowest BCUT2D eigenvalue weighted by Crippen LogP contribution is -2.37. The van der Waals surface area contributed by atoms with Gasteiger partial charge in [0, 0.05) is 12.0 Å². The molecule has 3 rings (SSSR count). The summed E-state index contributed by atoms with van der Waals surface area (Å²) in [7, 11) is 0. The Kier molecular flexibility index (Phi) is 1.54. The predicted molar refractivity (Wildman–Crippen MR) is 52.9 cm³/mol. The molecule has 76 valence electrons. The molecule has 2 aliphatic rings. The lowest BCUT2D eigenvalue weighted by atomic mass is 9.97. The Morgan fingerprint density at radius 2 is 2.29 bits per heavy atom. The lowest BCUT2D eigenvalue weighted by Gasteiger charge is -2.28. The normalized spacial score (nSPS) is 28.6. The fourth-order valence-corrected chi connectivity index (χ4v) is 2.48. The molecule has 1 fully saturated rings. The van der Waals surface area contributed by atoms with Crippen LogP contribution in [0.1, 0.15) is 43.4 Å². The van der Waals surface area contributed by atoms with Crippen LogP contribution < -0.4 is 5.73 Å². The Morgan fingerprint density at radius 3 is 3.00 bits per heavy atom. The molecule has 0 amide bonds. The summed E-state index contributed by atoms with van der Waals surface area (Å²) in [6.07, 6.45) is 5.74. The van der Waals surface area contributed by atoms with Crippen LogP contribution in [-0.2, 0) is 6.42 Å². The first-order valence-corrected chi connectivity index (χ1v) is 5.40. The molecular formula is C10H16N4. The van der Waals surface area contributed by atoms with Gasteiger partial charge in [0.1, 0.15) is 11.6 Å². The molecule has 0 radical (unpaired) electrons. The van der Waals surface area contributed by atoms with Gasteiger partial charge in [-0.25, -0.2) is 9.67 Å². The SMILES string of the molecule is Cc1nc2n(n1)C(C1(N)CC1)CCC2. The van der Waals surface area contributed by atoms with Crippen molar-refractivity contribution in [1.82, 2.24) is 14.8 Å². The van der Waals surface area contributed by atoms with Crippen LogP contribution in [0.5, 0.6) is 0 Å². The minimum atomic E-state index is 0.0370. The summed E-state index contributed by atoms with van der Waals surface area (Å²) >= 11 is 0. The number of aryl methyl sites for hydroxylation is 2. The molecule has 1 aliphatic heterocycles. The average Bonchev–Trinajstić information content (AvgIpc) is 2.78. The van der Waals surface area contributed by atoms with Crippen molar-refractivity contribution >= 4 is 0 Å². The van der Waals surface area contributed by atoms with E-state index < -0.39 is 0 Å². The topological polar surface area (TPSA) is 56.7 Å². The standard InChI is InChI=1S/C10H16N4/c1-7-12-9-4-2-3-8(14(9)13-7)10(11)5-6-10/h8H,2-6,11H2,1H3. The molecule has 1 saturated carbocycles. The van der Waals surface area contributed by atoms with Crippen LogP contribution in [0.25, 0.3) is 0 Å². The van der Waals surface area contributed by atoms with Gasteiger partial charge in [0.25, 0.3) is 0 Å². The van der Waals surface area contributed by atoms with Crippen LogP contribution in [-0.4, -0.2) is 20.3 Å². The minimum absolute atomic E-state index is 0.0370. The summed E-state index contributed by atoms with van der Waals surface area (Å²) in [4.78, 5) is 4.44. The second kappa shape index (κ2) is 2.57. The van der Waals surface area contributed by atoms with Gasteiger partial charge in [-0.05, 0) is 32.6 Å². The molecule has 0 spiro atoms. The Balaban J connectivity index is 2.02. The third kappa shape index (κ3) is 1.10. The van der Waals surface area contributed by atoms with Crippen molar-refractivity contribution in [2.24, 2.45) is 5.73 Å². The van der Waals surface area contributed by atoms with Crippen molar-refractivity contribution in [3.63, 3.8) is 0 Å². The van der Waals surface area contributed by atoms with Gasteiger partial charge >= 0.3 is 0 Å². The molecule has 14 heavy (non-hydrogen) atoms. The van der Waals surface area contributed by atoms with E-state index in [4.69, 9.17) is 5.73 Å². The smallest absolute Gasteiger partial charge is 0.147 e. The Hall–Kier alpha value is -0.900. The number of fused-ring (bicyclic) bond motifs is 1. The fourth-order valence-electron chi connectivity index (χ4n) is 2.48. The molecule has 1 aromatic rings. The number of hydrogen-bond acceptors (Lipinski definition) is 3.